The minimum atomic E-state index is -4.40. The minimum absolute atomic E-state index is 0.101. The van der Waals surface area contributed by atoms with E-state index in [1.54, 1.807) is 18.0 Å². The molecule has 0 aromatic heterocycles. The molecule has 21 heavy (non-hydrogen) atoms. The molecule has 0 heterocycles. The topological polar surface area (TPSA) is 29.3 Å². The SMILES string of the molecule is Cc1ccc(N(C)c2ccc(CN)c(C(F)(F)F)c2)cc1. The molecule has 112 valence electrons. The fourth-order valence-corrected chi connectivity index (χ4v) is 2.13. The predicted octanol–water partition coefficient (Wildman–Crippen LogP) is 4.24. The number of halogens is 3. The summed E-state index contributed by atoms with van der Waals surface area (Å²) in [5.41, 5.74) is 7.21. The van der Waals surface area contributed by atoms with Gasteiger partial charge in [-0.3, -0.25) is 0 Å². The van der Waals surface area contributed by atoms with Crippen molar-refractivity contribution in [1.82, 2.24) is 0 Å². The van der Waals surface area contributed by atoms with E-state index in [1.807, 2.05) is 31.2 Å². The van der Waals surface area contributed by atoms with Gasteiger partial charge in [0.15, 0.2) is 0 Å². The third-order valence-electron chi connectivity index (χ3n) is 3.43. The number of nitrogens with zero attached hydrogens (tertiary/aromatic N) is 1. The van der Waals surface area contributed by atoms with Gasteiger partial charge in [-0.05, 0) is 36.8 Å². The first kappa shape index (κ1) is 15.4. The highest BCUT2D eigenvalue weighted by atomic mass is 19.4. The smallest absolute Gasteiger partial charge is 0.345 e. The van der Waals surface area contributed by atoms with E-state index in [-0.39, 0.29) is 12.1 Å². The fourth-order valence-electron chi connectivity index (χ4n) is 2.13. The predicted molar refractivity (Wildman–Crippen MR) is 78.6 cm³/mol. The highest BCUT2D eigenvalue weighted by Crippen LogP contribution is 2.35. The van der Waals surface area contributed by atoms with E-state index >= 15 is 0 Å². The molecule has 0 fully saturated rings. The second kappa shape index (κ2) is 5.77. The van der Waals surface area contributed by atoms with E-state index in [9.17, 15) is 13.2 Å². The molecular formula is C16H17F3N2. The molecule has 2 aromatic carbocycles. The Morgan fingerprint density at radius 2 is 1.57 bits per heavy atom. The van der Waals surface area contributed by atoms with Crippen molar-refractivity contribution in [2.75, 3.05) is 11.9 Å². The van der Waals surface area contributed by atoms with Crippen LogP contribution in [0.5, 0.6) is 0 Å². The molecule has 0 aliphatic heterocycles. The summed E-state index contributed by atoms with van der Waals surface area (Å²) in [4.78, 5) is 1.72. The first-order valence-electron chi connectivity index (χ1n) is 6.53. The van der Waals surface area contributed by atoms with Crippen LogP contribution < -0.4 is 10.6 Å². The maximum absolute atomic E-state index is 13.1. The van der Waals surface area contributed by atoms with Gasteiger partial charge in [0.1, 0.15) is 0 Å². The van der Waals surface area contributed by atoms with E-state index < -0.39 is 11.7 Å². The first-order valence-corrected chi connectivity index (χ1v) is 6.53. The van der Waals surface area contributed by atoms with E-state index in [0.29, 0.717) is 5.69 Å². The van der Waals surface area contributed by atoms with Crippen molar-refractivity contribution < 1.29 is 13.2 Å². The summed E-state index contributed by atoms with van der Waals surface area (Å²) in [6.45, 7) is 1.82. The molecule has 0 aliphatic rings. The Kier molecular flexibility index (Phi) is 4.23. The Bertz CT molecular complexity index is 618. The summed E-state index contributed by atoms with van der Waals surface area (Å²) in [6, 6.07) is 11.8. The largest absolute Gasteiger partial charge is 0.416 e. The van der Waals surface area contributed by atoms with Crippen LogP contribution in [0.4, 0.5) is 24.5 Å². The second-order valence-electron chi connectivity index (χ2n) is 4.94. The molecular weight excluding hydrogens is 277 g/mol. The van der Waals surface area contributed by atoms with Gasteiger partial charge in [-0.1, -0.05) is 23.8 Å². The van der Waals surface area contributed by atoms with Crippen LogP contribution in [0.1, 0.15) is 16.7 Å². The number of nitrogens with two attached hydrogens (primary N) is 1. The van der Waals surface area contributed by atoms with Crippen molar-refractivity contribution in [2.24, 2.45) is 5.73 Å². The molecule has 5 heteroatoms. The number of rotatable bonds is 3. The highest BCUT2D eigenvalue weighted by molar-refractivity contribution is 5.64. The highest BCUT2D eigenvalue weighted by Gasteiger charge is 2.33. The van der Waals surface area contributed by atoms with Crippen LogP contribution in [0.15, 0.2) is 42.5 Å². The maximum atomic E-state index is 13.1. The van der Waals surface area contributed by atoms with Gasteiger partial charge in [0.05, 0.1) is 5.56 Å². The molecule has 0 radical (unpaired) electrons. The summed E-state index contributed by atoms with van der Waals surface area (Å²) in [5.74, 6) is 0. The van der Waals surface area contributed by atoms with Crippen molar-refractivity contribution in [2.45, 2.75) is 19.6 Å². The maximum Gasteiger partial charge on any atom is 0.416 e. The fraction of sp³-hybridized carbons (Fsp3) is 0.250. The Hall–Kier alpha value is -2.01. The van der Waals surface area contributed by atoms with Crippen LogP contribution in [-0.4, -0.2) is 7.05 Å². The Morgan fingerprint density at radius 1 is 1.00 bits per heavy atom. The Balaban J connectivity index is 2.42. The molecule has 0 spiro atoms. The van der Waals surface area contributed by atoms with Crippen molar-refractivity contribution in [3.8, 4) is 0 Å². The lowest BCUT2D eigenvalue weighted by molar-refractivity contribution is -0.138. The molecule has 2 aromatic rings. The van der Waals surface area contributed by atoms with Crippen LogP contribution in [0.2, 0.25) is 0 Å². The molecule has 2 N–H and O–H groups in total. The van der Waals surface area contributed by atoms with Gasteiger partial charge in [-0.15, -0.1) is 0 Å². The molecule has 0 bridgehead atoms. The van der Waals surface area contributed by atoms with E-state index in [2.05, 4.69) is 0 Å². The quantitative estimate of drug-likeness (QED) is 0.917. The summed E-state index contributed by atoms with van der Waals surface area (Å²) in [7, 11) is 1.74. The third-order valence-corrected chi connectivity index (χ3v) is 3.43. The lowest BCUT2D eigenvalue weighted by Crippen LogP contribution is -2.15. The van der Waals surface area contributed by atoms with E-state index in [0.717, 1.165) is 17.3 Å². The van der Waals surface area contributed by atoms with Gasteiger partial charge in [-0.2, -0.15) is 13.2 Å². The van der Waals surface area contributed by atoms with Crippen molar-refractivity contribution in [1.29, 1.82) is 0 Å². The minimum Gasteiger partial charge on any atom is -0.345 e. The molecule has 0 saturated heterocycles. The Morgan fingerprint density at radius 3 is 2.10 bits per heavy atom. The van der Waals surface area contributed by atoms with Gasteiger partial charge >= 0.3 is 6.18 Å². The second-order valence-corrected chi connectivity index (χ2v) is 4.94. The summed E-state index contributed by atoms with van der Waals surface area (Å²) in [6.07, 6.45) is -4.40. The lowest BCUT2D eigenvalue weighted by atomic mass is 10.1. The molecule has 0 unspecified atom stereocenters. The van der Waals surface area contributed by atoms with Crippen molar-refractivity contribution in [3.63, 3.8) is 0 Å². The number of hydrogen-bond donors (Lipinski definition) is 1. The monoisotopic (exact) mass is 294 g/mol. The van der Waals surface area contributed by atoms with Crippen LogP contribution in [0.25, 0.3) is 0 Å². The number of benzene rings is 2. The zero-order chi connectivity index (χ0) is 15.6. The average Bonchev–Trinajstić information content (AvgIpc) is 2.45. The first-order chi connectivity index (χ1) is 9.82. The van der Waals surface area contributed by atoms with E-state index in [1.165, 1.54) is 6.07 Å². The molecule has 0 atom stereocenters. The van der Waals surface area contributed by atoms with Gasteiger partial charge in [0.25, 0.3) is 0 Å². The van der Waals surface area contributed by atoms with Crippen molar-refractivity contribution >= 4 is 11.4 Å². The van der Waals surface area contributed by atoms with Crippen LogP contribution in [0.3, 0.4) is 0 Å². The summed E-state index contributed by atoms with van der Waals surface area (Å²) >= 11 is 0. The molecule has 2 rings (SSSR count). The van der Waals surface area contributed by atoms with Gasteiger partial charge < -0.3 is 10.6 Å². The van der Waals surface area contributed by atoms with Crippen LogP contribution in [0, 0.1) is 6.92 Å². The average molecular weight is 294 g/mol. The lowest BCUT2D eigenvalue weighted by Gasteiger charge is -2.22. The molecule has 2 nitrogen and oxygen atoms in total. The Labute approximate surface area is 122 Å². The standard InChI is InChI=1S/C16H17F3N2/c1-11-3-6-13(7-4-11)21(2)14-8-5-12(10-20)15(9-14)16(17,18)19/h3-9H,10,20H2,1-2H3. The van der Waals surface area contributed by atoms with Crippen LogP contribution in [-0.2, 0) is 12.7 Å². The number of alkyl halides is 3. The molecule has 0 amide bonds. The number of aryl methyl sites for hydroxylation is 1. The van der Waals surface area contributed by atoms with Gasteiger partial charge in [0, 0.05) is 25.0 Å². The normalized spacial score (nSPS) is 11.5. The van der Waals surface area contributed by atoms with Gasteiger partial charge in [-0.25, -0.2) is 0 Å². The zero-order valence-corrected chi connectivity index (χ0v) is 11.9. The summed E-state index contributed by atoms with van der Waals surface area (Å²) in [5, 5.41) is 0. The number of anilines is 2. The third kappa shape index (κ3) is 3.36. The van der Waals surface area contributed by atoms with E-state index in [4.69, 9.17) is 5.73 Å². The summed E-state index contributed by atoms with van der Waals surface area (Å²) < 4.78 is 39.2. The zero-order valence-electron chi connectivity index (χ0n) is 11.9. The van der Waals surface area contributed by atoms with Crippen molar-refractivity contribution in [3.05, 3.63) is 59.2 Å². The van der Waals surface area contributed by atoms with Gasteiger partial charge in [0.2, 0.25) is 0 Å². The molecule has 0 saturated carbocycles. The van der Waals surface area contributed by atoms with Crippen LogP contribution >= 0.6 is 0 Å². The molecule has 0 aliphatic carbocycles. The number of hydrogen-bond acceptors (Lipinski definition) is 2.